The summed E-state index contributed by atoms with van der Waals surface area (Å²) in [5.41, 5.74) is 7.46. The van der Waals surface area contributed by atoms with Crippen LogP contribution in [0.3, 0.4) is 0 Å². The van der Waals surface area contributed by atoms with Crippen molar-refractivity contribution in [3.8, 4) is 0 Å². The fourth-order valence-corrected chi connectivity index (χ4v) is 3.02. The lowest BCUT2D eigenvalue weighted by molar-refractivity contribution is -0.138. The first kappa shape index (κ1) is 16.5. The third kappa shape index (κ3) is 3.27. The van der Waals surface area contributed by atoms with E-state index < -0.39 is 6.04 Å². The van der Waals surface area contributed by atoms with Crippen molar-refractivity contribution in [3.05, 3.63) is 65.2 Å². The zero-order chi connectivity index (χ0) is 17.1. The average Bonchev–Trinajstić information content (AvgIpc) is 2.62. The number of benzene rings is 2. The van der Waals surface area contributed by atoms with E-state index >= 15 is 0 Å². The molecule has 1 saturated heterocycles. The first-order valence-electron chi connectivity index (χ1n) is 7.72. The molecule has 6 heteroatoms. The normalized spacial score (nSPS) is 16.2. The van der Waals surface area contributed by atoms with Crippen molar-refractivity contribution in [1.82, 2.24) is 4.90 Å². The Morgan fingerprint density at radius 3 is 2.38 bits per heavy atom. The maximum absolute atomic E-state index is 12.6. The highest BCUT2D eigenvalue weighted by molar-refractivity contribution is 6.33. The van der Waals surface area contributed by atoms with E-state index in [1.165, 1.54) is 4.90 Å². The van der Waals surface area contributed by atoms with Crippen molar-refractivity contribution < 1.29 is 9.59 Å². The van der Waals surface area contributed by atoms with Crippen LogP contribution in [-0.2, 0) is 9.59 Å². The highest BCUT2D eigenvalue weighted by Crippen LogP contribution is 2.27. The number of para-hydroxylation sites is 1. The van der Waals surface area contributed by atoms with E-state index in [0.29, 0.717) is 23.8 Å². The summed E-state index contributed by atoms with van der Waals surface area (Å²) in [6.45, 7) is 0.830. The number of rotatable bonds is 3. The van der Waals surface area contributed by atoms with Crippen LogP contribution in [0.4, 0.5) is 5.69 Å². The van der Waals surface area contributed by atoms with Gasteiger partial charge in [0.15, 0.2) is 0 Å². The predicted molar refractivity (Wildman–Crippen MR) is 93.8 cm³/mol. The van der Waals surface area contributed by atoms with Crippen molar-refractivity contribution >= 4 is 29.1 Å². The van der Waals surface area contributed by atoms with E-state index in [-0.39, 0.29) is 18.4 Å². The molecule has 0 unspecified atom stereocenters. The molecule has 2 amide bonds. The van der Waals surface area contributed by atoms with Crippen LogP contribution in [0.25, 0.3) is 0 Å². The third-order valence-electron chi connectivity index (χ3n) is 4.10. The van der Waals surface area contributed by atoms with Crippen molar-refractivity contribution in [3.63, 3.8) is 0 Å². The van der Waals surface area contributed by atoms with E-state index in [2.05, 4.69) is 0 Å². The van der Waals surface area contributed by atoms with Gasteiger partial charge in [-0.1, -0.05) is 54.1 Å². The molecule has 1 heterocycles. The molecule has 5 nitrogen and oxygen atoms in total. The second kappa shape index (κ2) is 7.03. The fraction of sp³-hybridized carbons (Fsp3) is 0.222. The van der Waals surface area contributed by atoms with Gasteiger partial charge in [0.1, 0.15) is 12.6 Å². The van der Waals surface area contributed by atoms with Crippen LogP contribution in [0.1, 0.15) is 11.6 Å². The second-order valence-corrected chi connectivity index (χ2v) is 6.05. The fourth-order valence-electron chi connectivity index (χ4n) is 2.79. The lowest BCUT2D eigenvalue weighted by Crippen LogP contribution is -2.54. The molecule has 0 bridgehead atoms. The Morgan fingerprint density at radius 2 is 1.71 bits per heavy atom. The third-order valence-corrected chi connectivity index (χ3v) is 4.42. The molecule has 2 N–H and O–H groups in total. The molecule has 1 aliphatic rings. The van der Waals surface area contributed by atoms with Crippen LogP contribution < -0.4 is 10.6 Å². The Kier molecular flexibility index (Phi) is 4.83. The summed E-state index contributed by atoms with van der Waals surface area (Å²) in [6.07, 6.45) is 0. The minimum atomic E-state index is -0.758. The maximum Gasteiger partial charge on any atom is 0.246 e. The van der Waals surface area contributed by atoms with Crippen LogP contribution in [0.15, 0.2) is 54.6 Å². The van der Waals surface area contributed by atoms with Crippen LogP contribution in [-0.4, -0.2) is 36.3 Å². The summed E-state index contributed by atoms with van der Waals surface area (Å²) in [5.74, 6) is -0.406. The van der Waals surface area contributed by atoms with Gasteiger partial charge in [0.05, 0.1) is 10.7 Å². The smallest absolute Gasteiger partial charge is 0.246 e. The minimum absolute atomic E-state index is 0.00455. The molecule has 0 aliphatic carbocycles. The second-order valence-electron chi connectivity index (χ2n) is 5.64. The standard InChI is InChI=1S/C18H18ClN3O2/c19-14-8-4-5-9-15(14)22-11-10-21(12-16(22)23)18(24)17(20)13-6-2-1-3-7-13/h1-9,17H,10-12,20H2/t17-/m1/s1. The molecule has 2 aromatic rings. The molecule has 124 valence electrons. The highest BCUT2D eigenvalue weighted by Gasteiger charge is 2.31. The van der Waals surface area contributed by atoms with Gasteiger partial charge < -0.3 is 15.5 Å². The molecular formula is C18H18ClN3O2. The number of halogens is 1. The molecule has 2 aromatic carbocycles. The molecular weight excluding hydrogens is 326 g/mol. The molecule has 1 atom stereocenters. The Balaban J connectivity index is 1.70. The summed E-state index contributed by atoms with van der Waals surface area (Å²) in [4.78, 5) is 28.1. The van der Waals surface area contributed by atoms with E-state index in [0.717, 1.165) is 5.56 Å². The number of hydrogen-bond donors (Lipinski definition) is 1. The molecule has 3 rings (SSSR count). The number of piperazine rings is 1. The van der Waals surface area contributed by atoms with Crippen molar-refractivity contribution in [1.29, 1.82) is 0 Å². The van der Waals surface area contributed by atoms with Gasteiger partial charge >= 0.3 is 0 Å². The van der Waals surface area contributed by atoms with E-state index in [9.17, 15) is 9.59 Å². The quantitative estimate of drug-likeness (QED) is 0.929. The van der Waals surface area contributed by atoms with Crippen LogP contribution in [0.5, 0.6) is 0 Å². The summed E-state index contributed by atoms with van der Waals surface area (Å²) >= 11 is 6.16. The molecule has 24 heavy (non-hydrogen) atoms. The minimum Gasteiger partial charge on any atom is -0.330 e. The first-order chi connectivity index (χ1) is 11.6. The Bertz CT molecular complexity index is 751. The van der Waals surface area contributed by atoms with Gasteiger partial charge in [-0.05, 0) is 17.7 Å². The predicted octanol–water partition coefficient (Wildman–Crippen LogP) is 2.22. The first-order valence-corrected chi connectivity index (χ1v) is 8.10. The molecule has 1 aliphatic heterocycles. The topological polar surface area (TPSA) is 66.6 Å². The summed E-state index contributed by atoms with van der Waals surface area (Å²) in [5, 5.41) is 0.520. The zero-order valence-electron chi connectivity index (χ0n) is 13.1. The van der Waals surface area contributed by atoms with E-state index in [1.54, 1.807) is 17.0 Å². The number of carbonyl (C=O) groups excluding carboxylic acids is 2. The number of hydrogen-bond acceptors (Lipinski definition) is 3. The van der Waals surface area contributed by atoms with Crippen molar-refractivity contribution in [2.45, 2.75) is 6.04 Å². The molecule has 1 fully saturated rings. The van der Waals surface area contributed by atoms with Gasteiger partial charge in [0.2, 0.25) is 11.8 Å². The van der Waals surface area contributed by atoms with Gasteiger partial charge in [-0.2, -0.15) is 0 Å². The Labute approximate surface area is 145 Å². The highest BCUT2D eigenvalue weighted by atomic mass is 35.5. The lowest BCUT2D eigenvalue weighted by Gasteiger charge is -2.35. The number of amides is 2. The SMILES string of the molecule is N[C@@H](C(=O)N1CCN(c2ccccc2Cl)C(=O)C1)c1ccccc1. The lowest BCUT2D eigenvalue weighted by atomic mass is 10.1. The zero-order valence-corrected chi connectivity index (χ0v) is 13.8. The molecule has 0 aromatic heterocycles. The van der Waals surface area contributed by atoms with Gasteiger partial charge in [0.25, 0.3) is 0 Å². The summed E-state index contributed by atoms with van der Waals surface area (Å²) < 4.78 is 0. The summed E-state index contributed by atoms with van der Waals surface area (Å²) in [6, 6.07) is 15.6. The van der Waals surface area contributed by atoms with Gasteiger partial charge in [0, 0.05) is 13.1 Å². The van der Waals surface area contributed by atoms with Crippen LogP contribution in [0.2, 0.25) is 5.02 Å². The van der Waals surface area contributed by atoms with Gasteiger partial charge in [-0.15, -0.1) is 0 Å². The number of anilines is 1. The molecule has 0 radical (unpaired) electrons. The van der Waals surface area contributed by atoms with Crippen molar-refractivity contribution in [2.24, 2.45) is 5.73 Å². The molecule has 0 spiro atoms. The number of carbonyl (C=O) groups is 2. The Hall–Kier alpha value is -2.37. The van der Waals surface area contributed by atoms with Gasteiger partial charge in [-0.3, -0.25) is 9.59 Å². The number of nitrogens with zero attached hydrogens (tertiary/aromatic N) is 2. The monoisotopic (exact) mass is 343 g/mol. The van der Waals surface area contributed by atoms with Crippen molar-refractivity contribution in [2.75, 3.05) is 24.5 Å². The number of nitrogens with two attached hydrogens (primary N) is 1. The van der Waals surface area contributed by atoms with Crippen LogP contribution >= 0.6 is 11.6 Å². The Morgan fingerprint density at radius 1 is 1.04 bits per heavy atom. The average molecular weight is 344 g/mol. The largest absolute Gasteiger partial charge is 0.330 e. The van der Waals surface area contributed by atoms with E-state index in [4.69, 9.17) is 17.3 Å². The maximum atomic E-state index is 12.6. The van der Waals surface area contributed by atoms with E-state index in [1.807, 2.05) is 42.5 Å². The molecule has 0 saturated carbocycles. The summed E-state index contributed by atoms with van der Waals surface area (Å²) in [7, 11) is 0. The van der Waals surface area contributed by atoms with Crippen LogP contribution in [0, 0.1) is 0 Å². The van der Waals surface area contributed by atoms with Gasteiger partial charge in [-0.25, -0.2) is 0 Å².